The second-order valence-electron chi connectivity index (χ2n) is 6.81. The van der Waals surface area contributed by atoms with Crippen LogP contribution in [0.2, 0.25) is 0 Å². The van der Waals surface area contributed by atoms with Crippen molar-refractivity contribution in [1.29, 1.82) is 0 Å². The number of aryl methyl sites for hydroxylation is 1. The average Bonchev–Trinajstić information content (AvgIpc) is 2.99. The molecule has 1 atom stereocenters. The second kappa shape index (κ2) is 5.71. The standard InChI is InChI=1S/C16H26N2O2S/c1-11-6-13(9-17-5)7-15(12(11)2)21(19,20)18-10-14-8-16(14,3)4/h6-7,14,17-18H,8-10H2,1-5H3. The lowest BCUT2D eigenvalue weighted by molar-refractivity contribution is 0.537. The minimum Gasteiger partial charge on any atom is -0.316 e. The summed E-state index contributed by atoms with van der Waals surface area (Å²) in [5.74, 6) is 0.453. The molecule has 118 valence electrons. The third-order valence-corrected chi connectivity index (χ3v) is 6.14. The van der Waals surface area contributed by atoms with Crippen LogP contribution >= 0.6 is 0 Å². The summed E-state index contributed by atoms with van der Waals surface area (Å²) in [5.41, 5.74) is 3.11. The largest absolute Gasteiger partial charge is 0.316 e. The first-order valence-corrected chi connectivity index (χ1v) is 8.90. The van der Waals surface area contributed by atoms with Crippen molar-refractivity contribution in [3.8, 4) is 0 Å². The van der Waals surface area contributed by atoms with Gasteiger partial charge in [0.1, 0.15) is 0 Å². The number of hydrogen-bond acceptors (Lipinski definition) is 3. The maximum absolute atomic E-state index is 12.6. The molecule has 4 nitrogen and oxygen atoms in total. The fourth-order valence-electron chi connectivity index (χ4n) is 2.70. The van der Waals surface area contributed by atoms with Gasteiger partial charge in [0.2, 0.25) is 10.0 Å². The molecule has 1 fully saturated rings. The second-order valence-corrected chi connectivity index (χ2v) is 8.54. The topological polar surface area (TPSA) is 58.2 Å². The van der Waals surface area contributed by atoms with Gasteiger partial charge in [-0.05, 0) is 61.4 Å². The first kappa shape index (κ1) is 16.5. The van der Waals surface area contributed by atoms with Gasteiger partial charge in [-0.25, -0.2) is 13.1 Å². The summed E-state index contributed by atoms with van der Waals surface area (Å²) in [6.45, 7) is 9.37. The normalized spacial score (nSPS) is 20.5. The zero-order chi connectivity index (χ0) is 15.8. The molecule has 0 heterocycles. The molecule has 0 aliphatic heterocycles. The van der Waals surface area contributed by atoms with E-state index in [4.69, 9.17) is 0 Å². The number of nitrogens with one attached hydrogen (secondary N) is 2. The Bertz CT molecular complexity index is 636. The van der Waals surface area contributed by atoms with Gasteiger partial charge in [-0.15, -0.1) is 0 Å². The zero-order valence-electron chi connectivity index (χ0n) is 13.6. The van der Waals surface area contributed by atoms with Crippen molar-refractivity contribution >= 4 is 10.0 Å². The van der Waals surface area contributed by atoms with Crippen LogP contribution in [0.5, 0.6) is 0 Å². The van der Waals surface area contributed by atoms with E-state index in [9.17, 15) is 8.42 Å². The van der Waals surface area contributed by atoms with Crippen molar-refractivity contribution in [2.24, 2.45) is 11.3 Å². The summed E-state index contributed by atoms with van der Waals surface area (Å²) < 4.78 is 27.9. The van der Waals surface area contributed by atoms with Crippen LogP contribution in [0.3, 0.4) is 0 Å². The van der Waals surface area contributed by atoms with E-state index >= 15 is 0 Å². The van der Waals surface area contributed by atoms with Crippen molar-refractivity contribution in [3.05, 3.63) is 28.8 Å². The molecule has 1 aliphatic rings. The number of hydrogen-bond donors (Lipinski definition) is 2. The Kier molecular flexibility index (Phi) is 4.47. The van der Waals surface area contributed by atoms with Crippen LogP contribution in [0, 0.1) is 25.2 Å². The van der Waals surface area contributed by atoms with Gasteiger partial charge < -0.3 is 5.32 Å². The molecule has 0 spiro atoms. The molecular formula is C16H26N2O2S. The molecule has 1 unspecified atom stereocenters. The number of rotatable bonds is 6. The molecule has 1 saturated carbocycles. The summed E-state index contributed by atoms with van der Waals surface area (Å²) in [6.07, 6.45) is 1.09. The minimum atomic E-state index is -3.44. The molecule has 1 aromatic carbocycles. The van der Waals surface area contributed by atoms with Crippen LogP contribution in [-0.2, 0) is 16.6 Å². The van der Waals surface area contributed by atoms with Crippen LogP contribution in [0.1, 0.15) is 37.0 Å². The van der Waals surface area contributed by atoms with Crippen molar-refractivity contribution in [3.63, 3.8) is 0 Å². The Hall–Kier alpha value is -0.910. The predicted molar refractivity (Wildman–Crippen MR) is 85.8 cm³/mol. The Morgan fingerprint density at radius 1 is 1.29 bits per heavy atom. The van der Waals surface area contributed by atoms with Crippen molar-refractivity contribution < 1.29 is 8.42 Å². The molecule has 2 rings (SSSR count). The lowest BCUT2D eigenvalue weighted by atomic mass is 10.1. The summed E-state index contributed by atoms with van der Waals surface area (Å²) in [5, 5.41) is 3.07. The molecule has 21 heavy (non-hydrogen) atoms. The lowest BCUT2D eigenvalue weighted by Crippen LogP contribution is -2.28. The van der Waals surface area contributed by atoms with Crippen LogP contribution in [-0.4, -0.2) is 22.0 Å². The van der Waals surface area contributed by atoms with Gasteiger partial charge in [-0.1, -0.05) is 19.9 Å². The summed E-state index contributed by atoms with van der Waals surface area (Å²) in [7, 11) is -1.58. The molecule has 2 N–H and O–H groups in total. The quantitative estimate of drug-likeness (QED) is 0.848. The van der Waals surface area contributed by atoms with Crippen LogP contribution in [0.25, 0.3) is 0 Å². The third kappa shape index (κ3) is 3.65. The Morgan fingerprint density at radius 2 is 1.90 bits per heavy atom. The van der Waals surface area contributed by atoms with Crippen LogP contribution < -0.4 is 10.0 Å². The first-order chi connectivity index (χ1) is 9.67. The Labute approximate surface area is 128 Å². The predicted octanol–water partition coefficient (Wildman–Crippen LogP) is 2.35. The number of benzene rings is 1. The van der Waals surface area contributed by atoms with Gasteiger partial charge >= 0.3 is 0 Å². The van der Waals surface area contributed by atoms with E-state index in [1.54, 1.807) is 6.07 Å². The van der Waals surface area contributed by atoms with E-state index < -0.39 is 10.0 Å². The van der Waals surface area contributed by atoms with E-state index in [2.05, 4.69) is 23.9 Å². The van der Waals surface area contributed by atoms with E-state index in [1.807, 2.05) is 27.0 Å². The molecule has 0 radical (unpaired) electrons. The highest BCUT2D eigenvalue weighted by Gasteiger charge is 2.45. The van der Waals surface area contributed by atoms with E-state index in [-0.39, 0.29) is 5.41 Å². The van der Waals surface area contributed by atoms with Crippen molar-refractivity contribution in [2.75, 3.05) is 13.6 Å². The smallest absolute Gasteiger partial charge is 0.240 e. The molecular weight excluding hydrogens is 284 g/mol. The summed E-state index contributed by atoms with van der Waals surface area (Å²) >= 11 is 0. The molecule has 1 aliphatic carbocycles. The summed E-state index contributed by atoms with van der Waals surface area (Å²) in [4.78, 5) is 0.409. The van der Waals surface area contributed by atoms with Crippen LogP contribution in [0.15, 0.2) is 17.0 Å². The SMILES string of the molecule is CNCc1cc(C)c(C)c(S(=O)(=O)NCC2CC2(C)C)c1. The molecule has 0 amide bonds. The molecule has 0 saturated heterocycles. The molecule has 1 aromatic rings. The highest BCUT2D eigenvalue weighted by atomic mass is 32.2. The van der Waals surface area contributed by atoms with Crippen LogP contribution in [0.4, 0.5) is 0 Å². The fraction of sp³-hybridized carbons (Fsp3) is 0.625. The lowest BCUT2D eigenvalue weighted by Gasteiger charge is -2.14. The van der Waals surface area contributed by atoms with Crippen molar-refractivity contribution in [2.45, 2.75) is 45.6 Å². The maximum Gasteiger partial charge on any atom is 0.240 e. The van der Waals surface area contributed by atoms with E-state index in [0.717, 1.165) is 23.1 Å². The fourth-order valence-corrected chi connectivity index (χ4v) is 4.14. The Balaban J connectivity index is 2.22. The van der Waals surface area contributed by atoms with Gasteiger partial charge in [0, 0.05) is 13.1 Å². The monoisotopic (exact) mass is 310 g/mol. The third-order valence-electron chi connectivity index (χ3n) is 4.59. The molecule has 0 bridgehead atoms. The molecule has 0 aromatic heterocycles. The molecule has 5 heteroatoms. The van der Waals surface area contributed by atoms with Gasteiger partial charge in [-0.3, -0.25) is 0 Å². The van der Waals surface area contributed by atoms with Gasteiger partial charge in [-0.2, -0.15) is 0 Å². The first-order valence-electron chi connectivity index (χ1n) is 7.42. The van der Waals surface area contributed by atoms with E-state index in [0.29, 0.717) is 23.9 Å². The number of sulfonamides is 1. The van der Waals surface area contributed by atoms with Crippen molar-refractivity contribution in [1.82, 2.24) is 10.0 Å². The van der Waals surface area contributed by atoms with E-state index in [1.165, 1.54) is 0 Å². The average molecular weight is 310 g/mol. The maximum atomic E-state index is 12.6. The highest BCUT2D eigenvalue weighted by molar-refractivity contribution is 7.89. The summed E-state index contributed by atoms with van der Waals surface area (Å²) in [6, 6.07) is 3.81. The Morgan fingerprint density at radius 3 is 2.43 bits per heavy atom. The van der Waals surface area contributed by atoms with Gasteiger partial charge in [0.25, 0.3) is 0 Å². The minimum absolute atomic E-state index is 0.279. The zero-order valence-corrected chi connectivity index (χ0v) is 14.4. The highest BCUT2D eigenvalue weighted by Crippen LogP contribution is 2.51. The van der Waals surface area contributed by atoms with Gasteiger partial charge in [0.05, 0.1) is 4.90 Å². The van der Waals surface area contributed by atoms with Gasteiger partial charge in [0.15, 0.2) is 0 Å².